The van der Waals surface area contributed by atoms with Gasteiger partial charge in [-0.05, 0) is 38.7 Å². The molecular formula is C19H24N2O3. The topological polar surface area (TPSA) is 64.4 Å². The zero-order chi connectivity index (χ0) is 17.0. The maximum Gasteiger partial charge on any atom is 0.289 e. The highest BCUT2D eigenvalue weighted by atomic mass is 16.5. The third kappa shape index (κ3) is 3.67. The molecular weight excluding hydrogens is 304 g/mol. The third-order valence-corrected chi connectivity index (χ3v) is 4.77. The summed E-state index contributed by atoms with van der Waals surface area (Å²) in [5.74, 6) is 0.0260. The summed E-state index contributed by atoms with van der Waals surface area (Å²) in [5, 5.41) is 6.51. The number of hydrogen-bond acceptors (Lipinski definition) is 4. The van der Waals surface area contributed by atoms with Gasteiger partial charge in [0.25, 0.3) is 5.91 Å². The van der Waals surface area contributed by atoms with E-state index in [-0.39, 0.29) is 22.7 Å². The Balaban J connectivity index is 1.72. The van der Waals surface area contributed by atoms with Gasteiger partial charge in [0.1, 0.15) is 0 Å². The van der Waals surface area contributed by atoms with Crippen LogP contribution in [0, 0.1) is 0 Å². The van der Waals surface area contributed by atoms with Crippen molar-refractivity contribution < 1.29 is 14.1 Å². The molecule has 1 aliphatic heterocycles. The van der Waals surface area contributed by atoms with Crippen LogP contribution in [0.4, 0.5) is 0 Å². The summed E-state index contributed by atoms with van der Waals surface area (Å²) in [5.41, 5.74) is 1.16. The maximum absolute atomic E-state index is 12.0. The SMILES string of the molecule is CC1(C)C[C@@](CCNC(=O)c2ccno2)(c2ccccc2)CCO1. The van der Waals surface area contributed by atoms with Crippen LogP contribution in [0.25, 0.3) is 0 Å². The molecule has 1 aromatic carbocycles. The van der Waals surface area contributed by atoms with Crippen LogP contribution >= 0.6 is 0 Å². The van der Waals surface area contributed by atoms with E-state index in [0.717, 1.165) is 25.9 Å². The monoisotopic (exact) mass is 328 g/mol. The molecule has 0 spiro atoms. The minimum atomic E-state index is -0.220. The van der Waals surface area contributed by atoms with Crippen LogP contribution in [0.1, 0.15) is 49.2 Å². The first kappa shape index (κ1) is 16.7. The number of ether oxygens (including phenoxy) is 1. The van der Waals surface area contributed by atoms with E-state index in [1.807, 2.05) is 6.07 Å². The Labute approximate surface area is 142 Å². The lowest BCUT2D eigenvalue weighted by molar-refractivity contribution is -0.0838. The van der Waals surface area contributed by atoms with Crippen molar-refractivity contribution in [2.45, 2.75) is 44.1 Å². The number of amides is 1. The first-order valence-corrected chi connectivity index (χ1v) is 8.39. The summed E-state index contributed by atoms with van der Waals surface area (Å²) in [4.78, 5) is 12.0. The second kappa shape index (κ2) is 6.77. The Hall–Kier alpha value is -2.14. The summed E-state index contributed by atoms with van der Waals surface area (Å²) in [6.45, 7) is 5.59. The third-order valence-electron chi connectivity index (χ3n) is 4.77. The molecule has 1 aliphatic rings. The predicted molar refractivity (Wildman–Crippen MR) is 90.8 cm³/mol. The lowest BCUT2D eigenvalue weighted by Gasteiger charge is -2.45. The summed E-state index contributed by atoms with van der Waals surface area (Å²) in [6.07, 6.45) is 4.23. The van der Waals surface area contributed by atoms with Gasteiger partial charge in [-0.1, -0.05) is 35.5 Å². The average Bonchev–Trinajstić information content (AvgIpc) is 3.09. The van der Waals surface area contributed by atoms with Crippen molar-refractivity contribution in [1.29, 1.82) is 0 Å². The van der Waals surface area contributed by atoms with Gasteiger partial charge in [-0.25, -0.2) is 0 Å². The first-order valence-electron chi connectivity index (χ1n) is 8.39. The van der Waals surface area contributed by atoms with E-state index in [2.05, 4.69) is 48.6 Å². The van der Waals surface area contributed by atoms with Crippen LogP contribution in [0.15, 0.2) is 47.1 Å². The molecule has 24 heavy (non-hydrogen) atoms. The van der Waals surface area contributed by atoms with Gasteiger partial charge >= 0.3 is 0 Å². The van der Waals surface area contributed by atoms with Crippen molar-refractivity contribution >= 4 is 5.91 Å². The number of carbonyl (C=O) groups excluding carboxylic acids is 1. The number of nitrogens with zero attached hydrogens (tertiary/aromatic N) is 1. The molecule has 0 radical (unpaired) electrons. The van der Waals surface area contributed by atoms with Crippen LogP contribution in [0.3, 0.4) is 0 Å². The summed E-state index contributed by atoms with van der Waals surface area (Å²) in [7, 11) is 0. The minimum absolute atomic E-state index is 0.0116. The standard InChI is InChI=1S/C19H24N2O3/c1-18(2)14-19(10-13-23-18,15-6-4-3-5-7-15)9-12-20-17(22)16-8-11-21-24-16/h3-8,11H,9-10,12-14H2,1-2H3,(H,20,22)/t19-/m0/s1. The van der Waals surface area contributed by atoms with Crippen LogP contribution in [-0.2, 0) is 10.2 Å². The van der Waals surface area contributed by atoms with Crippen molar-refractivity contribution in [3.05, 3.63) is 53.9 Å². The van der Waals surface area contributed by atoms with Crippen LogP contribution < -0.4 is 5.32 Å². The minimum Gasteiger partial charge on any atom is -0.376 e. The fourth-order valence-electron chi connectivity index (χ4n) is 3.71. The van der Waals surface area contributed by atoms with Gasteiger partial charge in [0.05, 0.1) is 11.8 Å². The van der Waals surface area contributed by atoms with Crippen LogP contribution in [0.5, 0.6) is 0 Å². The molecule has 1 N–H and O–H groups in total. The molecule has 0 unspecified atom stereocenters. The molecule has 1 aromatic heterocycles. The Morgan fingerprint density at radius 3 is 2.71 bits per heavy atom. The molecule has 2 aromatic rings. The van der Waals surface area contributed by atoms with Gasteiger partial charge in [0.15, 0.2) is 0 Å². The highest BCUT2D eigenvalue weighted by Crippen LogP contribution is 2.43. The maximum atomic E-state index is 12.0. The molecule has 0 bridgehead atoms. The van der Waals surface area contributed by atoms with Crippen molar-refractivity contribution in [2.24, 2.45) is 0 Å². The quantitative estimate of drug-likeness (QED) is 0.914. The van der Waals surface area contributed by atoms with Crippen molar-refractivity contribution in [3.8, 4) is 0 Å². The zero-order valence-corrected chi connectivity index (χ0v) is 14.2. The van der Waals surface area contributed by atoms with Gasteiger partial charge < -0.3 is 14.6 Å². The van der Waals surface area contributed by atoms with E-state index >= 15 is 0 Å². The summed E-state index contributed by atoms with van der Waals surface area (Å²) >= 11 is 0. The molecule has 1 atom stereocenters. The normalized spacial score (nSPS) is 22.9. The fourth-order valence-corrected chi connectivity index (χ4v) is 3.71. The molecule has 2 heterocycles. The second-order valence-electron chi connectivity index (χ2n) is 7.06. The van der Waals surface area contributed by atoms with Gasteiger partial charge in [-0.15, -0.1) is 0 Å². The van der Waals surface area contributed by atoms with E-state index < -0.39 is 0 Å². The number of rotatable bonds is 5. The number of benzene rings is 1. The molecule has 1 fully saturated rings. The summed E-state index contributed by atoms with van der Waals surface area (Å²) < 4.78 is 10.8. The highest BCUT2D eigenvalue weighted by molar-refractivity contribution is 5.91. The zero-order valence-electron chi connectivity index (χ0n) is 14.2. The van der Waals surface area contributed by atoms with E-state index in [1.165, 1.54) is 11.8 Å². The average molecular weight is 328 g/mol. The van der Waals surface area contributed by atoms with Crippen LogP contribution in [-0.4, -0.2) is 29.8 Å². The Morgan fingerprint density at radius 2 is 2.04 bits per heavy atom. The number of carbonyl (C=O) groups is 1. The molecule has 5 nitrogen and oxygen atoms in total. The van der Waals surface area contributed by atoms with E-state index in [1.54, 1.807) is 6.07 Å². The number of hydrogen-bond donors (Lipinski definition) is 1. The summed E-state index contributed by atoms with van der Waals surface area (Å²) in [6, 6.07) is 12.1. The lowest BCUT2D eigenvalue weighted by Crippen LogP contribution is -2.45. The van der Waals surface area contributed by atoms with Gasteiger partial charge in [-0.3, -0.25) is 4.79 Å². The molecule has 0 aliphatic carbocycles. The Kier molecular flexibility index (Phi) is 4.71. The molecule has 128 valence electrons. The van der Waals surface area contributed by atoms with Gasteiger partial charge in [0.2, 0.25) is 5.76 Å². The smallest absolute Gasteiger partial charge is 0.289 e. The fraction of sp³-hybridized carbons (Fsp3) is 0.474. The van der Waals surface area contributed by atoms with Crippen molar-refractivity contribution in [3.63, 3.8) is 0 Å². The van der Waals surface area contributed by atoms with E-state index in [9.17, 15) is 4.79 Å². The van der Waals surface area contributed by atoms with Crippen molar-refractivity contribution in [2.75, 3.05) is 13.2 Å². The predicted octanol–water partition coefficient (Wildman–Crippen LogP) is 3.32. The highest BCUT2D eigenvalue weighted by Gasteiger charge is 2.41. The molecule has 0 saturated carbocycles. The van der Waals surface area contributed by atoms with E-state index in [4.69, 9.17) is 9.26 Å². The Morgan fingerprint density at radius 1 is 1.25 bits per heavy atom. The Bertz CT molecular complexity index is 667. The largest absolute Gasteiger partial charge is 0.376 e. The van der Waals surface area contributed by atoms with E-state index in [0.29, 0.717) is 6.54 Å². The molecule has 1 saturated heterocycles. The number of aromatic nitrogens is 1. The molecule has 5 heteroatoms. The van der Waals surface area contributed by atoms with Gasteiger partial charge in [0, 0.05) is 24.6 Å². The molecule has 1 amide bonds. The second-order valence-corrected chi connectivity index (χ2v) is 7.06. The molecule has 3 rings (SSSR count). The van der Waals surface area contributed by atoms with Crippen LogP contribution in [0.2, 0.25) is 0 Å². The number of nitrogens with one attached hydrogen (secondary N) is 1. The van der Waals surface area contributed by atoms with Gasteiger partial charge in [-0.2, -0.15) is 0 Å². The van der Waals surface area contributed by atoms with Crippen molar-refractivity contribution in [1.82, 2.24) is 10.5 Å². The first-order chi connectivity index (χ1) is 11.5. The lowest BCUT2D eigenvalue weighted by atomic mass is 9.67.